The molecule has 1 aliphatic heterocycles. The van der Waals surface area contributed by atoms with Crippen molar-refractivity contribution in [3.05, 3.63) is 23.0 Å². The van der Waals surface area contributed by atoms with Crippen LogP contribution in [0.2, 0.25) is 5.15 Å². The first-order chi connectivity index (χ1) is 12.7. The largest absolute Gasteiger partial charge is 0.458 e. The average Bonchev–Trinajstić information content (AvgIpc) is 3.14. The van der Waals surface area contributed by atoms with Gasteiger partial charge in [0.15, 0.2) is 0 Å². The van der Waals surface area contributed by atoms with E-state index in [4.69, 9.17) is 21.1 Å². The van der Waals surface area contributed by atoms with Crippen molar-refractivity contribution in [2.24, 2.45) is 0 Å². The van der Waals surface area contributed by atoms with Gasteiger partial charge in [-0.15, -0.1) is 0 Å². The summed E-state index contributed by atoms with van der Waals surface area (Å²) >= 11 is 6.08. The lowest BCUT2D eigenvalue weighted by Crippen LogP contribution is -2.36. The number of aryl methyl sites for hydroxylation is 1. The molecular formula is C17H23ClN6O3. The summed E-state index contributed by atoms with van der Waals surface area (Å²) in [5.74, 6) is 1.17. The van der Waals surface area contributed by atoms with Crippen LogP contribution in [0.3, 0.4) is 0 Å². The van der Waals surface area contributed by atoms with Crippen molar-refractivity contribution in [3.8, 4) is 6.01 Å². The molecule has 2 N–H and O–H groups in total. The monoisotopic (exact) mass is 394 g/mol. The predicted octanol–water partition coefficient (Wildman–Crippen LogP) is 3.29. The van der Waals surface area contributed by atoms with Gasteiger partial charge in [-0.2, -0.15) is 15.1 Å². The smallest absolute Gasteiger partial charge is 0.410 e. The number of aromatic nitrogens is 4. The van der Waals surface area contributed by atoms with Crippen LogP contribution in [0.15, 0.2) is 12.1 Å². The van der Waals surface area contributed by atoms with Crippen molar-refractivity contribution < 1.29 is 14.3 Å². The number of H-pyrrole nitrogens is 1. The fourth-order valence-electron chi connectivity index (χ4n) is 2.60. The minimum atomic E-state index is -0.530. The molecule has 1 saturated heterocycles. The summed E-state index contributed by atoms with van der Waals surface area (Å²) in [6.45, 7) is 8.35. The maximum Gasteiger partial charge on any atom is 0.410 e. The van der Waals surface area contributed by atoms with E-state index in [1.54, 1.807) is 11.0 Å². The summed E-state index contributed by atoms with van der Waals surface area (Å²) in [7, 11) is 0. The lowest BCUT2D eigenvalue weighted by Gasteiger charge is -2.24. The number of rotatable bonds is 4. The van der Waals surface area contributed by atoms with Crippen molar-refractivity contribution in [3.63, 3.8) is 0 Å². The van der Waals surface area contributed by atoms with Crippen LogP contribution in [0.1, 0.15) is 32.9 Å². The molecule has 27 heavy (non-hydrogen) atoms. The number of anilines is 2. The highest BCUT2D eigenvalue weighted by molar-refractivity contribution is 6.29. The lowest BCUT2D eigenvalue weighted by molar-refractivity contribution is 0.0274. The lowest BCUT2D eigenvalue weighted by atomic mass is 10.2. The maximum atomic E-state index is 12.1. The Morgan fingerprint density at radius 2 is 2.15 bits per heavy atom. The summed E-state index contributed by atoms with van der Waals surface area (Å²) < 4.78 is 11.2. The zero-order valence-electron chi connectivity index (χ0n) is 15.7. The van der Waals surface area contributed by atoms with Gasteiger partial charge in [0.25, 0.3) is 0 Å². The zero-order chi connectivity index (χ0) is 19.6. The minimum absolute atomic E-state index is 0.150. The molecule has 0 bridgehead atoms. The molecule has 1 atom stereocenters. The second kappa shape index (κ2) is 7.59. The molecule has 1 amide bonds. The van der Waals surface area contributed by atoms with Crippen LogP contribution in [0.5, 0.6) is 6.01 Å². The molecule has 0 saturated carbocycles. The van der Waals surface area contributed by atoms with Crippen LogP contribution in [-0.4, -0.2) is 56.0 Å². The van der Waals surface area contributed by atoms with E-state index < -0.39 is 5.60 Å². The normalized spacial score (nSPS) is 17.1. The molecular weight excluding hydrogens is 372 g/mol. The van der Waals surface area contributed by atoms with E-state index in [9.17, 15) is 4.79 Å². The number of carbonyl (C=O) groups excluding carboxylic acids is 1. The van der Waals surface area contributed by atoms with Gasteiger partial charge in [-0.3, -0.25) is 5.10 Å². The molecule has 3 rings (SSSR count). The van der Waals surface area contributed by atoms with Crippen molar-refractivity contribution in [1.82, 2.24) is 25.1 Å². The van der Waals surface area contributed by atoms with E-state index in [1.165, 1.54) is 0 Å². The summed E-state index contributed by atoms with van der Waals surface area (Å²) in [4.78, 5) is 22.2. The molecule has 146 valence electrons. The Bertz CT molecular complexity index is 819. The summed E-state index contributed by atoms with van der Waals surface area (Å²) in [6.07, 6.45) is 0.0910. The van der Waals surface area contributed by atoms with Crippen LogP contribution in [0.4, 0.5) is 16.4 Å². The first-order valence-corrected chi connectivity index (χ1v) is 9.04. The fraction of sp³-hybridized carbons (Fsp3) is 0.529. The third-order valence-corrected chi connectivity index (χ3v) is 3.91. The van der Waals surface area contributed by atoms with Gasteiger partial charge in [0.1, 0.15) is 28.5 Å². The van der Waals surface area contributed by atoms with Gasteiger partial charge in [-0.05, 0) is 27.7 Å². The Morgan fingerprint density at radius 3 is 2.81 bits per heavy atom. The van der Waals surface area contributed by atoms with Crippen molar-refractivity contribution in [2.45, 2.75) is 45.8 Å². The standard InChI is InChI=1S/C17H23ClN6O3/c1-10-7-14(23-22-10)20-13-8-12(18)19-15(21-13)26-11-5-6-24(9-11)16(25)27-17(2,3)4/h7-8,11H,5-6,9H2,1-4H3,(H2,19,20,21,22,23)/t11-/m0/s1. The van der Waals surface area contributed by atoms with Gasteiger partial charge in [-0.25, -0.2) is 4.79 Å². The minimum Gasteiger partial charge on any atom is -0.458 e. The predicted molar refractivity (Wildman–Crippen MR) is 100 cm³/mol. The van der Waals surface area contributed by atoms with E-state index in [0.29, 0.717) is 31.1 Å². The molecule has 0 spiro atoms. The number of likely N-dealkylation sites (tertiary alicyclic amines) is 1. The van der Waals surface area contributed by atoms with Gasteiger partial charge < -0.3 is 19.7 Å². The number of hydrogen-bond donors (Lipinski definition) is 2. The van der Waals surface area contributed by atoms with Gasteiger partial charge in [-0.1, -0.05) is 11.6 Å². The Balaban J connectivity index is 1.62. The van der Waals surface area contributed by atoms with E-state index >= 15 is 0 Å². The molecule has 2 aromatic rings. The quantitative estimate of drug-likeness (QED) is 0.766. The number of nitrogens with one attached hydrogen (secondary N) is 2. The number of carbonyl (C=O) groups is 1. The summed E-state index contributed by atoms with van der Waals surface area (Å²) in [5, 5.41) is 10.2. The first-order valence-electron chi connectivity index (χ1n) is 8.66. The van der Waals surface area contributed by atoms with Gasteiger partial charge in [0, 0.05) is 25.1 Å². The van der Waals surface area contributed by atoms with E-state index in [1.807, 2.05) is 33.8 Å². The number of amides is 1. The van der Waals surface area contributed by atoms with Gasteiger partial charge >= 0.3 is 12.1 Å². The second-order valence-corrected chi connectivity index (χ2v) is 7.75. The SMILES string of the molecule is Cc1cc(Nc2cc(Cl)nc(O[C@H]3CCN(C(=O)OC(C)(C)C)C3)n2)[nH]n1. The molecule has 1 fully saturated rings. The molecule has 3 heterocycles. The number of halogens is 1. The topological polar surface area (TPSA) is 105 Å². The van der Waals surface area contributed by atoms with Crippen molar-refractivity contribution in [2.75, 3.05) is 18.4 Å². The van der Waals surface area contributed by atoms with E-state index in [0.717, 1.165) is 5.69 Å². The van der Waals surface area contributed by atoms with Crippen LogP contribution in [-0.2, 0) is 4.74 Å². The second-order valence-electron chi connectivity index (χ2n) is 7.36. The third-order valence-electron chi connectivity index (χ3n) is 3.71. The Kier molecular flexibility index (Phi) is 5.41. The van der Waals surface area contributed by atoms with Crippen LogP contribution >= 0.6 is 11.6 Å². The molecule has 0 aliphatic carbocycles. The highest BCUT2D eigenvalue weighted by Gasteiger charge is 2.31. The van der Waals surface area contributed by atoms with Crippen LogP contribution in [0.25, 0.3) is 0 Å². The highest BCUT2D eigenvalue weighted by atomic mass is 35.5. The van der Waals surface area contributed by atoms with E-state index in [2.05, 4.69) is 25.5 Å². The van der Waals surface area contributed by atoms with Gasteiger partial charge in [0.05, 0.1) is 12.2 Å². The molecule has 9 nitrogen and oxygen atoms in total. The first kappa shape index (κ1) is 19.2. The molecule has 0 aromatic carbocycles. The third kappa shape index (κ3) is 5.46. The van der Waals surface area contributed by atoms with Crippen molar-refractivity contribution >= 4 is 29.3 Å². The number of ether oxygens (including phenoxy) is 2. The Hall–Kier alpha value is -2.55. The number of nitrogens with zero attached hydrogens (tertiary/aromatic N) is 4. The number of aromatic amines is 1. The van der Waals surface area contributed by atoms with Crippen LogP contribution in [0, 0.1) is 6.92 Å². The van der Waals surface area contributed by atoms with Gasteiger partial charge in [0.2, 0.25) is 0 Å². The van der Waals surface area contributed by atoms with Crippen molar-refractivity contribution in [1.29, 1.82) is 0 Å². The van der Waals surface area contributed by atoms with Crippen LogP contribution < -0.4 is 10.1 Å². The molecule has 2 aromatic heterocycles. The maximum absolute atomic E-state index is 12.1. The molecule has 0 radical (unpaired) electrons. The molecule has 10 heteroatoms. The molecule has 0 unspecified atom stereocenters. The fourth-order valence-corrected chi connectivity index (χ4v) is 2.78. The number of hydrogen-bond acceptors (Lipinski definition) is 7. The molecule has 1 aliphatic rings. The Labute approximate surface area is 162 Å². The zero-order valence-corrected chi connectivity index (χ0v) is 16.5. The highest BCUT2D eigenvalue weighted by Crippen LogP contribution is 2.22. The summed E-state index contributed by atoms with van der Waals surface area (Å²) in [5.41, 5.74) is 0.319. The Morgan fingerprint density at radius 1 is 1.37 bits per heavy atom. The summed E-state index contributed by atoms with van der Waals surface area (Å²) in [6, 6.07) is 3.58. The average molecular weight is 395 g/mol. The van der Waals surface area contributed by atoms with E-state index in [-0.39, 0.29) is 23.4 Å².